The Morgan fingerprint density at radius 1 is 1.21 bits per heavy atom. The number of hydrogen-bond donors (Lipinski definition) is 1. The summed E-state index contributed by atoms with van der Waals surface area (Å²) in [6, 6.07) is 9.63. The molecule has 0 aliphatic carbocycles. The van der Waals surface area contributed by atoms with Crippen LogP contribution in [-0.2, 0) is 19.5 Å². The number of aromatic nitrogens is 3. The summed E-state index contributed by atoms with van der Waals surface area (Å²) in [4.78, 5) is 14.5. The summed E-state index contributed by atoms with van der Waals surface area (Å²) in [6.07, 6.45) is 2.24. The van der Waals surface area contributed by atoms with Crippen LogP contribution in [-0.4, -0.2) is 38.7 Å². The Morgan fingerprint density at radius 2 is 2.04 bits per heavy atom. The van der Waals surface area contributed by atoms with Crippen molar-refractivity contribution in [2.24, 2.45) is 0 Å². The lowest BCUT2D eigenvalue weighted by atomic mass is 10.2. The number of nitrogens with one attached hydrogen (secondary N) is 1. The smallest absolute Gasteiger partial charge is 0.287 e. The van der Waals surface area contributed by atoms with Crippen LogP contribution in [0.5, 0.6) is 0 Å². The van der Waals surface area contributed by atoms with Crippen LogP contribution in [0, 0.1) is 5.82 Å². The molecule has 1 aromatic carbocycles. The highest BCUT2D eigenvalue weighted by molar-refractivity contribution is 5.91. The summed E-state index contributed by atoms with van der Waals surface area (Å²) in [6.45, 7) is 5.06. The second-order valence-electron chi connectivity index (χ2n) is 6.95. The van der Waals surface area contributed by atoms with Crippen molar-refractivity contribution in [1.29, 1.82) is 0 Å². The van der Waals surface area contributed by atoms with E-state index in [0.29, 0.717) is 0 Å². The van der Waals surface area contributed by atoms with Gasteiger partial charge in [-0.1, -0.05) is 12.1 Å². The lowest BCUT2D eigenvalue weighted by molar-refractivity contribution is 0.0909. The third kappa shape index (κ3) is 3.96. The van der Waals surface area contributed by atoms with Crippen molar-refractivity contribution >= 4 is 5.91 Å². The van der Waals surface area contributed by atoms with Gasteiger partial charge in [0.15, 0.2) is 11.6 Å². The number of rotatable bonds is 5. The van der Waals surface area contributed by atoms with Crippen molar-refractivity contribution in [3.8, 4) is 0 Å². The van der Waals surface area contributed by atoms with Gasteiger partial charge in [0.25, 0.3) is 5.91 Å². The SMILES string of the molecule is C[C@@H](NC(=O)c1ccco1)c1nnc2n1CCN(Cc1ccc(F)cc1)CC2. The number of fused-ring (bicyclic) bond motifs is 1. The molecule has 1 N–H and O–H groups in total. The second-order valence-corrected chi connectivity index (χ2v) is 6.95. The minimum Gasteiger partial charge on any atom is -0.459 e. The van der Waals surface area contributed by atoms with Crippen molar-refractivity contribution in [1.82, 2.24) is 25.0 Å². The number of benzene rings is 1. The number of furan rings is 1. The molecule has 0 unspecified atom stereocenters. The van der Waals surface area contributed by atoms with E-state index in [9.17, 15) is 9.18 Å². The minimum absolute atomic E-state index is 0.221. The summed E-state index contributed by atoms with van der Waals surface area (Å²) < 4.78 is 20.3. The summed E-state index contributed by atoms with van der Waals surface area (Å²) in [5.74, 6) is 1.42. The van der Waals surface area contributed by atoms with Gasteiger partial charge in [-0.05, 0) is 36.8 Å². The molecule has 1 aliphatic rings. The van der Waals surface area contributed by atoms with E-state index in [0.717, 1.165) is 49.8 Å². The maximum atomic E-state index is 13.1. The Bertz CT molecular complexity index is 936. The van der Waals surface area contributed by atoms with Crippen molar-refractivity contribution in [2.45, 2.75) is 32.5 Å². The number of halogens is 1. The average Bonchev–Trinajstić information content (AvgIpc) is 3.32. The molecule has 0 fully saturated rings. The van der Waals surface area contributed by atoms with Crippen LogP contribution in [0.15, 0.2) is 47.1 Å². The Kier molecular flexibility index (Phi) is 5.21. The first-order valence-electron chi connectivity index (χ1n) is 9.33. The van der Waals surface area contributed by atoms with Crippen molar-refractivity contribution in [3.63, 3.8) is 0 Å². The standard InChI is InChI=1S/C20H22FN5O2/c1-14(22-20(27)17-3-2-12-28-17)19-24-23-18-8-9-25(10-11-26(18)19)13-15-4-6-16(21)7-5-15/h2-7,12,14H,8-11,13H2,1H3,(H,22,27)/t14-/m1/s1. The van der Waals surface area contributed by atoms with E-state index in [1.54, 1.807) is 12.1 Å². The van der Waals surface area contributed by atoms with E-state index in [4.69, 9.17) is 4.42 Å². The van der Waals surface area contributed by atoms with Crippen LogP contribution in [0.3, 0.4) is 0 Å². The lowest BCUT2D eigenvalue weighted by Crippen LogP contribution is -2.30. The van der Waals surface area contributed by atoms with Crippen LogP contribution >= 0.6 is 0 Å². The molecule has 3 heterocycles. The molecule has 0 radical (unpaired) electrons. The van der Waals surface area contributed by atoms with E-state index >= 15 is 0 Å². The number of amides is 1. The van der Waals surface area contributed by atoms with E-state index in [-0.39, 0.29) is 23.5 Å². The Hall–Kier alpha value is -3.00. The highest BCUT2D eigenvalue weighted by Gasteiger charge is 2.23. The van der Waals surface area contributed by atoms with E-state index in [2.05, 4.69) is 25.0 Å². The summed E-state index contributed by atoms with van der Waals surface area (Å²) in [5.41, 5.74) is 1.08. The predicted molar refractivity (Wildman–Crippen MR) is 100.0 cm³/mol. The Balaban J connectivity index is 1.41. The molecule has 146 valence electrons. The van der Waals surface area contributed by atoms with Crippen molar-refractivity contribution in [2.75, 3.05) is 13.1 Å². The monoisotopic (exact) mass is 383 g/mol. The van der Waals surface area contributed by atoms with Crippen molar-refractivity contribution in [3.05, 3.63) is 71.5 Å². The van der Waals surface area contributed by atoms with Gasteiger partial charge in [-0.2, -0.15) is 0 Å². The normalized spacial score (nSPS) is 15.6. The van der Waals surface area contributed by atoms with Crippen LogP contribution < -0.4 is 5.32 Å². The summed E-state index contributed by atoms with van der Waals surface area (Å²) >= 11 is 0. The molecule has 0 saturated heterocycles. The molecule has 3 aromatic rings. The number of carbonyl (C=O) groups is 1. The highest BCUT2D eigenvalue weighted by atomic mass is 19.1. The first kappa shape index (κ1) is 18.4. The maximum Gasteiger partial charge on any atom is 0.287 e. The zero-order valence-electron chi connectivity index (χ0n) is 15.6. The predicted octanol–water partition coefficient (Wildman–Crippen LogP) is 2.56. The third-order valence-electron chi connectivity index (χ3n) is 4.95. The molecule has 0 bridgehead atoms. The molecular weight excluding hydrogens is 361 g/mol. The largest absolute Gasteiger partial charge is 0.459 e. The van der Waals surface area contributed by atoms with Gasteiger partial charge in [0.05, 0.1) is 12.3 Å². The lowest BCUT2D eigenvalue weighted by Gasteiger charge is -2.20. The zero-order chi connectivity index (χ0) is 19.5. The quantitative estimate of drug-likeness (QED) is 0.733. The van der Waals surface area contributed by atoms with Gasteiger partial charge in [-0.25, -0.2) is 4.39 Å². The number of carbonyl (C=O) groups excluding carboxylic acids is 1. The van der Waals surface area contributed by atoms with E-state index in [1.807, 2.05) is 19.1 Å². The maximum absolute atomic E-state index is 13.1. The van der Waals surface area contributed by atoms with Gasteiger partial charge in [0.2, 0.25) is 0 Å². The molecule has 1 amide bonds. The molecule has 1 atom stereocenters. The Morgan fingerprint density at radius 3 is 2.79 bits per heavy atom. The molecule has 0 spiro atoms. The highest BCUT2D eigenvalue weighted by Crippen LogP contribution is 2.17. The molecular formula is C20H22FN5O2. The van der Waals surface area contributed by atoms with Crippen LogP contribution in [0.1, 0.15) is 40.7 Å². The first-order valence-corrected chi connectivity index (χ1v) is 9.33. The van der Waals surface area contributed by atoms with Crippen LogP contribution in [0.2, 0.25) is 0 Å². The van der Waals surface area contributed by atoms with Gasteiger partial charge < -0.3 is 14.3 Å². The molecule has 8 heteroatoms. The molecule has 0 saturated carbocycles. The van der Waals surface area contributed by atoms with E-state index in [1.165, 1.54) is 18.4 Å². The molecule has 1 aliphatic heterocycles. The van der Waals surface area contributed by atoms with Crippen molar-refractivity contribution < 1.29 is 13.6 Å². The fourth-order valence-corrected chi connectivity index (χ4v) is 3.46. The van der Waals surface area contributed by atoms with Gasteiger partial charge in [0, 0.05) is 32.6 Å². The van der Waals surface area contributed by atoms with E-state index < -0.39 is 0 Å². The molecule has 2 aromatic heterocycles. The van der Waals surface area contributed by atoms with Gasteiger partial charge in [-0.15, -0.1) is 10.2 Å². The summed E-state index contributed by atoms with van der Waals surface area (Å²) in [5, 5.41) is 11.5. The summed E-state index contributed by atoms with van der Waals surface area (Å²) in [7, 11) is 0. The topological polar surface area (TPSA) is 76.2 Å². The molecule has 4 rings (SSSR count). The fraction of sp³-hybridized carbons (Fsp3) is 0.350. The van der Waals surface area contributed by atoms with Crippen LogP contribution in [0.25, 0.3) is 0 Å². The third-order valence-corrected chi connectivity index (χ3v) is 4.95. The van der Waals surface area contributed by atoms with Gasteiger partial charge >= 0.3 is 0 Å². The molecule has 7 nitrogen and oxygen atoms in total. The zero-order valence-corrected chi connectivity index (χ0v) is 15.6. The minimum atomic E-state index is -0.289. The van der Waals surface area contributed by atoms with Gasteiger partial charge in [-0.3, -0.25) is 9.69 Å². The average molecular weight is 383 g/mol. The first-order chi connectivity index (χ1) is 13.6. The fourth-order valence-electron chi connectivity index (χ4n) is 3.46. The number of hydrogen-bond acceptors (Lipinski definition) is 5. The number of nitrogens with zero attached hydrogens (tertiary/aromatic N) is 4. The van der Waals surface area contributed by atoms with Gasteiger partial charge in [0.1, 0.15) is 11.6 Å². The van der Waals surface area contributed by atoms with Crippen LogP contribution in [0.4, 0.5) is 4.39 Å². The Labute approximate surface area is 162 Å². The second kappa shape index (κ2) is 7.93. The molecule has 28 heavy (non-hydrogen) atoms.